The average Bonchev–Trinajstić information content (AvgIpc) is 3.17. The van der Waals surface area contributed by atoms with Crippen molar-refractivity contribution in [1.29, 1.82) is 0 Å². The van der Waals surface area contributed by atoms with Gasteiger partial charge in [-0.1, -0.05) is 12.1 Å². The fourth-order valence-electron chi connectivity index (χ4n) is 4.99. The minimum atomic E-state index is -0.649. The zero-order valence-electron chi connectivity index (χ0n) is 17.5. The number of amides is 2. The molecule has 3 aromatic rings. The molecule has 0 unspecified atom stereocenters. The number of likely N-dealkylation sites (tertiary alicyclic amines) is 1. The van der Waals surface area contributed by atoms with Gasteiger partial charge in [0.25, 0.3) is 5.89 Å². The Labute approximate surface area is 178 Å². The van der Waals surface area contributed by atoms with E-state index < -0.39 is 11.4 Å². The molecule has 1 aliphatic carbocycles. The number of nitrogens with one attached hydrogen (secondary N) is 1. The number of hydrogen-bond donors (Lipinski definition) is 1. The molecule has 2 aromatic heterocycles. The summed E-state index contributed by atoms with van der Waals surface area (Å²) in [4.78, 5) is 23.6. The molecule has 9 nitrogen and oxygen atoms in total. The molecule has 0 spiro atoms. The molecular weight excluding hydrogens is 401 g/mol. The molecule has 1 aliphatic heterocycles. The lowest BCUT2D eigenvalue weighted by Gasteiger charge is -2.61. The smallest absolute Gasteiger partial charge is 0.323 e. The Morgan fingerprint density at radius 1 is 1.29 bits per heavy atom. The van der Waals surface area contributed by atoms with Crippen LogP contribution in [0.2, 0.25) is 0 Å². The molecular formula is C21H22FN7O2. The van der Waals surface area contributed by atoms with E-state index in [1.807, 2.05) is 0 Å². The van der Waals surface area contributed by atoms with Crippen LogP contribution in [0.5, 0.6) is 0 Å². The molecule has 1 saturated carbocycles. The van der Waals surface area contributed by atoms with Crippen molar-refractivity contribution in [2.45, 2.75) is 51.6 Å². The van der Waals surface area contributed by atoms with Crippen LogP contribution in [0.25, 0.3) is 11.4 Å². The fraction of sp³-hybridized carbons (Fsp3) is 0.429. The van der Waals surface area contributed by atoms with E-state index in [0.717, 1.165) is 19.3 Å². The standard InChI is InChI=1S/C21H22FN7O2/c1-11-6-14-10-21(9-11,19-25-13(3)28-31-19)29(14)20(30)26-17-8-15(12(2)7-16(17)22)18-23-4-5-24-27-18/h4-5,7-8,11,14H,6,9-10H2,1-3H3,(H,26,30)/t11-,14-,21+/m1/s1. The largest absolute Gasteiger partial charge is 0.337 e. The Bertz CT molecular complexity index is 1150. The summed E-state index contributed by atoms with van der Waals surface area (Å²) in [6.07, 6.45) is 5.35. The molecule has 1 saturated heterocycles. The van der Waals surface area contributed by atoms with Crippen molar-refractivity contribution in [2.75, 3.05) is 5.32 Å². The zero-order valence-corrected chi connectivity index (χ0v) is 17.5. The van der Waals surface area contributed by atoms with Crippen LogP contribution in [0.3, 0.4) is 0 Å². The molecule has 2 bridgehead atoms. The number of aryl methyl sites for hydroxylation is 2. The van der Waals surface area contributed by atoms with E-state index in [2.05, 4.69) is 37.6 Å². The first kappa shape index (κ1) is 19.5. The minimum Gasteiger partial charge on any atom is -0.337 e. The lowest BCUT2D eigenvalue weighted by Crippen LogP contribution is -2.70. The highest BCUT2D eigenvalue weighted by Gasteiger charge is 2.62. The molecule has 10 heteroatoms. The van der Waals surface area contributed by atoms with Crippen LogP contribution in [-0.2, 0) is 5.54 Å². The number of carbonyl (C=O) groups excluding carboxylic acids is 1. The number of aromatic nitrogens is 5. The SMILES string of the molecule is Cc1noc([C@]23C[C@H](C)C[C@H](C2)N3C(=O)Nc2cc(-c3nccnn3)c(C)cc2F)n1. The summed E-state index contributed by atoms with van der Waals surface area (Å²) in [5.41, 5.74) is 0.665. The Morgan fingerprint density at radius 2 is 2.13 bits per heavy atom. The van der Waals surface area contributed by atoms with Gasteiger partial charge in [-0.15, -0.1) is 5.10 Å². The first-order chi connectivity index (χ1) is 14.9. The minimum absolute atomic E-state index is 0.0468. The summed E-state index contributed by atoms with van der Waals surface area (Å²) in [6.45, 7) is 5.66. The molecule has 31 heavy (non-hydrogen) atoms. The third kappa shape index (κ3) is 3.13. The third-order valence-electron chi connectivity index (χ3n) is 6.18. The van der Waals surface area contributed by atoms with Crippen molar-refractivity contribution in [2.24, 2.45) is 5.92 Å². The predicted octanol–water partition coefficient (Wildman–Crippen LogP) is 3.61. The number of anilines is 1. The summed E-state index contributed by atoms with van der Waals surface area (Å²) in [7, 11) is 0. The van der Waals surface area contributed by atoms with Crippen molar-refractivity contribution in [3.63, 3.8) is 0 Å². The number of piperidine rings is 1. The average molecular weight is 423 g/mol. The van der Waals surface area contributed by atoms with E-state index in [-0.39, 0.29) is 17.8 Å². The van der Waals surface area contributed by atoms with Gasteiger partial charge in [0.15, 0.2) is 11.6 Å². The highest BCUT2D eigenvalue weighted by molar-refractivity contribution is 5.92. The van der Waals surface area contributed by atoms with E-state index in [1.54, 1.807) is 24.8 Å². The van der Waals surface area contributed by atoms with Crippen molar-refractivity contribution < 1.29 is 13.7 Å². The molecule has 2 fully saturated rings. The van der Waals surface area contributed by atoms with Gasteiger partial charge in [-0.3, -0.25) is 0 Å². The number of halogens is 1. The van der Waals surface area contributed by atoms with Crippen LogP contribution in [0.15, 0.2) is 29.0 Å². The number of urea groups is 1. The number of fused-ring (bicyclic) bond motifs is 2. The first-order valence-corrected chi connectivity index (χ1v) is 10.2. The van der Waals surface area contributed by atoms with Gasteiger partial charge in [-0.25, -0.2) is 14.2 Å². The Kier molecular flexibility index (Phi) is 4.45. The second-order valence-electron chi connectivity index (χ2n) is 8.49. The zero-order chi connectivity index (χ0) is 21.8. The Hall–Kier alpha value is -3.43. The molecule has 2 amide bonds. The number of hydrogen-bond acceptors (Lipinski definition) is 7. The molecule has 2 aliphatic rings. The number of nitrogens with zero attached hydrogens (tertiary/aromatic N) is 6. The van der Waals surface area contributed by atoms with Gasteiger partial charge >= 0.3 is 6.03 Å². The van der Waals surface area contributed by atoms with E-state index in [0.29, 0.717) is 34.6 Å². The van der Waals surface area contributed by atoms with Crippen LogP contribution in [0, 0.1) is 25.6 Å². The summed E-state index contributed by atoms with van der Waals surface area (Å²) in [5, 5.41) is 14.5. The summed E-state index contributed by atoms with van der Waals surface area (Å²) in [6, 6.07) is 2.56. The van der Waals surface area contributed by atoms with Crippen LogP contribution in [0.1, 0.15) is 43.5 Å². The summed E-state index contributed by atoms with van der Waals surface area (Å²) in [5.74, 6) is 1.22. The highest BCUT2D eigenvalue weighted by Crippen LogP contribution is 2.55. The predicted molar refractivity (Wildman–Crippen MR) is 108 cm³/mol. The van der Waals surface area contributed by atoms with Crippen molar-refractivity contribution in [3.8, 4) is 11.4 Å². The van der Waals surface area contributed by atoms with Gasteiger partial charge in [0.1, 0.15) is 11.4 Å². The number of carbonyl (C=O) groups is 1. The van der Waals surface area contributed by atoms with E-state index in [4.69, 9.17) is 4.52 Å². The molecule has 1 N–H and O–H groups in total. The number of benzene rings is 1. The van der Waals surface area contributed by atoms with E-state index >= 15 is 0 Å². The van der Waals surface area contributed by atoms with E-state index in [1.165, 1.54) is 18.5 Å². The maximum Gasteiger partial charge on any atom is 0.323 e. The van der Waals surface area contributed by atoms with Gasteiger partial charge in [0.2, 0.25) is 0 Å². The topological polar surface area (TPSA) is 110 Å². The van der Waals surface area contributed by atoms with Crippen LogP contribution < -0.4 is 5.32 Å². The first-order valence-electron chi connectivity index (χ1n) is 10.2. The van der Waals surface area contributed by atoms with Gasteiger partial charge in [-0.05, 0) is 50.3 Å². The molecule has 5 rings (SSSR count). The quantitative estimate of drug-likeness (QED) is 0.685. The normalized spacial score (nSPS) is 24.6. The Morgan fingerprint density at radius 3 is 2.84 bits per heavy atom. The monoisotopic (exact) mass is 423 g/mol. The Balaban J connectivity index is 1.46. The molecule has 160 valence electrons. The second-order valence-corrected chi connectivity index (χ2v) is 8.49. The fourth-order valence-corrected chi connectivity index (χ4v) is 4.99. The summed E-state index contributed by atoms with van der Waals surface area (Å²) >= 11 is 0. The maximum atomic E-state index is 14.7. The summed E-state index contributed by atoms with van der Waals surface area (Å²) < 4.78 is 20.2. The van der Waals surface area contributed by atoms with Crippen molar-refractivity contribution in [3.05, 3.63) is 47.6 Å². The van der Waals surface area contributed by atoms with Crippen molar-refractivity contribution in [1.82, 2.24) is 30.2 Å². The van der Waals surface area contributed by atoms with Gasteiger partial charge < -0.3 is 14.7 Å². The lowest BCUT2D eigenvalue weighted by atomic mass is 9.64. The molecule has 3 atom stereocenters. The lowest BCUT2D eigenvalue weighted by molar-refractivity contribution is -0.112. The van der Waals surface area contributed by atoms with Crippen LogP contribution in [0.4, 0.5) is 14.9 Å². The van der Waals surface area contributed by atoms with Gasteiger partial charge in [0, 0.05) is 24.2 Å². The van der Waals surface area contributed by atoms with Crippen LogP contribution in [-0.4, -0.2) is 42.3 Å². The third-order valence-corrected chi connectivity index (χ3v) is 6.18. The maximum absolute atomic E-state index is 14.7. The van der Waals surface area contributed by atoms with Gasteiger partial charge in [-0.2, -0.15) is 10.1 Å². The molecule has 1 aromatic carbocycles. The number of rotatable bonds is 3. The highest BCUT2D eigenvalue weighted by atomic mass is 19.1. The van der Waals surface area contributed by atoms with E-state index in [9.17, 15) is 9.18 Å². The molecule has 3 heterocycles. The molecule has 0 radical (unpaired) electrons. The van der Waals surface area contributed by atoms with Crippen molar-refractivity contribution >= 4 is 11.7 Å². The van der Waals surface area contributed by atoms with Gasteiger partial charge in [0.05, 0.1) is 11.9 Å². The second kappa shape index (κ2) is 7.07. The van der Waals surface area contributed by atoms with Crippen LogP contribution >= 0.6 is 0 Å².